The number of rotatable bonds is 2. The molecule has 0 bridgehead atoms. The molecule has 0 aromatic rings. The van der Waals surface area contributed by atoms with Crippen LogP contribution in [0.25, 0.3) is 0 Å². The summed E-state index contributed by atoms with van der Waals surface area (Å²) < 4.78 is 0. The lowest BCUT2D eigenvalue weighted by molar-refractivity contribution is -0.132. The first-order chi connectivity index (χ1) is 6.15. The topological polar surface area (TPSA) is 20.3 Å². The highest BCUT2D eigenvalue weighted by Crippen LogP contribution is 2.23. The highest BCUT2D eigenvalue weighted by molar-refractivity contribution is 5.94. The normalized spacial score (nSPS) is 20.6. The summed E-state index contributed by atoms with van der Waals surface area (Å²) in [5.74, 6) is 5.90. The molecule has 0 aliphatic carbocycles. The molecule has 1 rings (SSSR count). The quantitative estimate of drug-likeness (QED) is 0.590. The molecular formula is C11H17NO. The van der Waals surface area contributed by atoms with Gasteiger partial charge in [0, 0.05) is 12.6 Å². The minimum atomic E-state index is -0.000556. The summed E-state index contributed by atoms with van der Waals surface area (Å²) >= 11 is 0. The van der Waals surface area contributed by atoms with E-state index < -0.39 is 0 Å². The van der Waals surface area contributed by atoms with Gasteiger partial charge < -0.3 is 4.90 Å². The first-order valence-electron chi connectivity index (χ1n) is 4.88. The van der Waals surface area contributed by atoms with Gasteiger partial charge in [0.25, 0.3) is 5.91 Å². The van der Waals surface area contributed by atoms with Crippen molar-refractivity contribution in [2.45, 2.75) is 39.7 Å². The Morgan fingerprint density at radius 2 is 2.31 bits per heavy atom. The Labute approximate surface area is 80.3 Å². The third kappa shape index (κ3) is 2.48. The van der Waals surface area contributed by atoms with E-state index >= 15 is 0 Å². The maximum atomic E-state index is 11.4. The second-order valence-corrected chi connectivity index (χ2v) is 3.95. The number of carbonyl (C=O) groups is 1. The van der Waals surface area contributed by atoms with Crippen molar-refractivity contribution < 1.29 is 4.79 Å². The minimum absolute atomic E-state index is 0.000556. The Morgan fingerprint density at radius 3 is 2.69 bits per heavy atom. The van der Waals surface area contributed by atoms with E-state index in [-0.39, 0.29) is 5.91 Å². The predicted octanol–water partition coefficient (Wildman–Crippen LogP) is 1.66. The largest absolute Gasteiger partial charge is 0.329 e. The summed E-state index contributed by atoms with van der Waals surface area (Å²) in [5.41, 5.74) is 0. The lowest BCUT2D eigenvalue weighted by Crippen LogP contribution is -2.51. The molecule has 72 valence electrons. The molecule has 0 saturated carbocycles. The molecule has 1 aliphatic rings. The standard InChI is InChI=1S/C11H17NO/c1-4-5-11(13)12-7-6-10(12)8-9(2)3/h9-10H,6-8H2,1-3H3/t10-/m0/s1. The Hall–Kier alpha value is -0.970. The van der Waals surface area contributed by atoms with E-state index in [9.17, 15) is 4.79 Å². The lowest BCUT2D eigenvalue weighted by atomic mass is 9.93. The fraction of sp³-hybridized carbons (Fsp3) is 0.727. The first-order valence-corrected chi connectivity index (χ1v) is 4.88. The monoisotopic (exact) mass is 179 g/mol. The van der Waals surface area contributed by atoms with Gasteiger partial charge in [-0.15, -0.1) is 0 Å². The number of carbonyl (C=O) groups excluding carboxylic acids is 1. The molecule has 0 aromatic carbocycles. The number of likely N-dealkylation sites (tertiary alicyclic amines) is 1. The van der Waals surface area contributed by atoms with Crippen molar-refractivity contribution in [3.63, 3.8) is 0 Å². The molecule has 2 nitrogen and oxygen atoms in total. The average Bonchev–Trinajstić information content (AvgIpc) is 1.98. The Bertz CT molecular complexity index is 247. The molecule has 0 unspecified atom stereocenters. The molecule has 1 amide bonds. The van der Waals surface area contributed by atoms with Crippen LogP contribution in [0.2, 0.25) is 0 Å². The van der Waals surface area contributed by atoms with Crippen LogP contribution in [0.4, 0.5) is 0 Å². The van der Waals surface area contributed by atoms with Crippen molar-refractivity contribution in [2.24, 2.45) is 5.92 Å². The van der Waals surface area contributed by atoms with E-state index in [1.807, 2.05) is 4.90 Å². The van der Waals surface area contributed by atoms with Crippen molar-refractivity contribution >= 4 is 5.91 Å². The maximum absolute atomic E-state index is 11.4. The number of amides is 1. The third-order valence-electron chi connectivity index (χ3n) is 2.38. The van der Waals surface area contributed by atoms with Crippen molar-refractivity contribution in [1.82, 2.24) is 4.90 Å². The van der Waals surface area contributed by atoms with E-state index in [0.29, 0.717) is 12.0 Å². The lowest BCUT2D eigenvalue weighted by Gasteiger charge is -2.40. The average molecular weight is 179 g/mol. The van der Waals surface area contributed by atoms with Gasteiger partial charge >= 0.3 is 0 Å². The number of nitrogens with zero attached hydrogens (tertiary/aromatic N) is 1. The molecule has 1 heterocycles. The smallest absolute Gasteiger partial charge is 0.298 e. The van der Waals surface area contributed by atoms with Gasteiger partial charge in [0.15, 0.2) is 0 Å². The van der Waals surface area contributed by atoms with Crippen molar-refractivity contribution in [2.75, 3.05) is 6.54 Å². The number of hydrogen-bond donors (Lipinski definition) is 0. The molecule has 0 aromatic heterocycles. The SMILES string of the molecule is CC#CC(=O)N1CC[C@H]1CC(C)C. The van der Waals surface area contributed by atoms with E-state index in [1.54, 1.807) is 6.92 Å². The second kappa shape index (κ2) is 4.32. The molecule has 13 heavy (non-hydrogen) atoms. The summed E-state index contributed by atoms with van der Waals surface area (Å²) in [7, 11) is 0. The first kappa shape index (κ1) is 10.1. The molecule has 0 spiro atoms. The van der Waals surface area contributed by atoms with Gasteiger partial charge in [-0.05, 0) is 31.6 Å². The summed E-state index contributed by atoms with van der Waals surface area (Å²) in [4.78, 5) is 13.3. The van der Waals surface area contributed by atoms with Crippen LogP contribution in [0.3, 0.4) is 0 Å². The Morgan fingerprint density at radius 1 is 1.62 bits per heavy atom. The molecule has 1 atom stereocenters. The fourth-order valence-corrected chi connectivity index (χ4v) is 1.68. The van der Waals surface area contributed by atoms with Crippen LogP contribution in [0.1, 0.15) is 33.6 Å². The summed E-state index contributed by atoms with van der Waals surface area (Å²) in [6.07, 6.45) is 2.26. The van der Waals surface area contributed by atoms with Crippen molar-refractivity contribution in [3.05, 3.63) is 0 Å². The molecule has 0 N–H and O–H groups in total. The Balaban J connectivity index is 2.43. The summed E-state index contributed by atoms with van der Waals surface area (Å²) in [5, 5.41) is 0. The van der Waals surface area contributed by atoms with Crippen LogP contribution in [0.15, 0.2) is 0 Å². The van der Waals surface area contributed by atoms with Gasteiger partial charge in [0.05, 0.1) is 0 Å². The van der Waals surface area contributed by atoms with Gasteiger partial charge in [-0.25, -0.2) is 0 Å². The van der Waals surface area contributed by atoms with E-state index in [1.165, 1.54) is 0 Å². The van der Waals surface area contributed by atoms with E-state index in [0.717, 1.165) is 19.4 Å². The highest BCUT2D eigenvalue weighted by atomic mass is 16.2. The van der Waals surface area contributed by atoms with E-state index in [2.05, 4.69) is 25.7 Å². The van der Waals surface area contributed by atoms with Crippen molar-refractivity contribution in [1.29, 1.82) is 0 Å². The second-order valence-electron chi connectivity index (χ2n) is 3.95. The number of hydrogen-bond acceptors (Lipinski definition) is 1. The zero-order chi connectivity index (χ0) is 9.84. The third-order valence-corrected chi connectivity index (χ3v) is 2.38. The fourth-order valence-electron chi connectivity index (χ4n) is 1.68. The zero-order valence-electron chi connectivity index (χ0n) is 8.63. The van der Waals surface area contributed by atoms with Gasteiger partial charge in [0.2, 0.25) is 0 Å². The highest BCUT2D eigenvalue weighted by Gasteiger charge is 2.31. The van der Waals surface area contributed by atoms with Crippen molar-refractivity contribution in [3.8, 4) is 11.8 Å². The molecule has 1 aliphatic heterocycles. The van der Waals surface area contributed by atoms with Crippen LogP contribution in [0.5, 0.6) is 0 Å². The van der Waals surface area contributed by atoms with Crippen LogP contribution < -0.4 is 0 Å². The summed E-state index contributed by atoms with van der Waals surface area (Å²) in [6.45, 7) is 6.97. The minimum Gasteiger partial charge on any atom is -0.329 e. The van der Waals surface area contributed by atoms with Gasteiger partial charge in [-0.3, -0.25) is 4.79 Å². The molecule has 2 heteroatoms. The van der Waals surface area contributed by atoms with Gasteiger partial charge in [0.1, 0.15) is 0 Å². The van der Waals surface area contributed by atoms with Crippen LogP contribution in [-0.2, 0) is 4.79 Å². The predicted molar refractivity (Wildman–Crippen MR) is 53.0 cm³/mol. The van der Waals surface area contributed by atoms with Gasteiger partial charge in [-0.2, -0.15) is 0 Å². The van der Waals surface area contributed by atoms with Crippen LogP contribution in [-0.4, -0.2) is 23.4 Å². The summed E-state index contributed by atoms with van der Waals surface area (Å²) in [6, 6.07) is 0.452. The molecule has 0 radical (unpaired) electrons. The molecule has 1 saturated heterocycles. The Kier molecular flexibility index (Phi) is 3.36. The molecule has 1 fully saturated rings. The van der Waals surface area contributed by atoms with Crippen LogP contribution in [0, 0.1) is 17.8 Å². The van der Waals surface area contributed by atoms with Gasteiger partial charge in [-0.1, -0.05) is 19.8 Å². The van der Waals surface area contributed by atoms with Crippen LogP contribution >= 0.6 is 0 Å². The molecular weight excluding hydrogens is 162 g/mol. The maximum Gasteiger partial charge on any atom is 0.298 e. The zero-order valence-corrected chi connectivity index (χ0v) is 8.63. The van der Waals surface area contributed by atoms with E-state index in [4.69, 9.17) is 0 Å².